The number of methoxy groups -OCH3 is 1. The van der Waals surface area contributed by atoms with E-state index in [4.69, 9.17) is 9.84 Å². The normalized spacial score (nSPS) is 9.80. The van der Waals surface area contributed by atoms with Crippen molar-refractivity contribution in [3.8, 4) is 5.75 Å². The number of aliphatic carboxylic acids is 1. The van der Waals surface area contributed by atoms with Crippen LogP contribution < -0.4 is 4.74 Å². The van der Waals surface area contributed by atoms with Crippen molar-refractivity contribution in [2.45, 2.75) is 6.92 Å². The van der Waals surface area contributed by atoms with Gasteiger partial charge in [0.2, 0.25) is 0 Å². The number of benzene rings is 1. The summed E-state index contributed by atoms with van der Waals surface area (Å²) in [6, 6.07) is 2.45. The van der Waals surface area contributed by atoms with Gasteiger partial charge in [-0.15, -0.1) is 0 Å². The Hall–Kier alpha value is -1.91. The van der Waals surface area contributed by atoms with Crippen molar-refractivity contribution in [3.05, 3.63) is 29.1 Å². The maximum absolute atomic E-state index is 13.3. The molecule has 0 aliphatic heterocycles. The van der Waals surface area contributed by atoms with Gasteiger partial charge in [0.05, 0.1) is 7.11 Å². The zero-order chi connectivity index (χ0) is 11.6. The van der Waals surface area contributed by atoms with Gasteiger partial charge in [0.15, 0.2) is 0 Å². The Morgan fingerprint density at radius 3 is 2.47 bits per heavy atom. The Labute approximate surface area is 85.3 Å². The number of carboxylic acids is 1. The van der Waals surface area contributed by atoms with Gasteiger partial charge in [-0.25, -0.2) is 9.18 Å². The summed E-state index contributed by atoms with van der Waals surface area (Å²) in [5.41, 5.74) is -0.0338. The number of carbonyl (C=O) groups excluding carboxylic acids is 1. The molecule has 1 N–H and O–H groups in total. The topological polar surface area (TPSA) is 63.6 Å². The van der Waals surface area contributed by atoms with Crippen molar-refractivity contribution in [1.82, 2.24) is 0 Å². The summed E-state index contributed by atoms with van der Waals surface area (Å²) in [5.74, 6) is -3.96. The zero-order valence-electron chi connectivity index (χ0n) is 8.20. The van der Waals surface area contributed by atoms with Crippen molar-refractivity contribution in [1.29, 1.82) is 0 Å². The molecule has 80 valence electrons. The zero-order valence-corrected chi connectivity index (χ0v) is 8.20. The highest BCUT2D eigenvalue weighted by atomic mass is 19.1. The fraction of sp³-hybridized carbons (Fsp3) is 0.200. The number of hydrogen-bond donors (Lipinski definition) is 1. The highest BCUT2D eigenvalue weighted by Gasteiger charge is 2.24. The molecule has 15 heavy (non-hydrogen) atoms. The van der Waals surface area contributed by atoms with Crippen LogP contribution in [0.25, 0.3) is 0 Å². The second-order valence-corrected chi connectivity index (χ2v) is 2.91. The van der Waals surface area contributed by atoms with Gasteiger partial charge in [-0.05, 0) is 18.6 Å². The largest absolute Gasteiger partial charge is 0.496 e. The van der Waals surface area contributed by atoms with Crippen LogP contribution in [0, 0.1) is 12.7 Å². The van der Waals surface area contributed by atoms with E-state index in [0.717, 1.165) is 6.07 Å². The average Bonchev–Trinajstić information content (AvgIpc) is 2.19. The van der Waals surface area contributed by atoms with Gasteiger partial charge in [0, 0.05) is 0 Å². The molecule has 1 aromatic rings. The molecule has 0 unspecified atom stereocenters. The fourth-order valence-electron chi connectivity index (χ4n) is 1.24. The van der Waals surface area contributed by atoms with Gasteiger partial charge in [-0.1, -0.05) is 6.07 Å². The molecular weight excluding hydrogens is 203 g/mol. The van der Waals surface area contributed by atoms with Crippen molar-refractivity contribution >= 4 is 11.8 Å². The number of ketones is 1. The summed E-state index contributed by atoms with van der Waals surface area (Å²) in [4.78, 5) is 21.6. The third-order valence-electron chi connectivity index (χ3n) is 1.93. The van der Waals surface area contributed by atoms with Crippen LogP contribution in [0.5, 0.6) is 5.75 Å². The molecule has 0 amide bonds. The lowest BCUT2D eigenvalue weighted by Crippen LogP contribution is -2.16. The molecule has 0 spiro atoms. The van der Waals surface area contributed by atoms with Crippen LogP contribution in [0.2, 0.25) is 0 Å². The van der Waals surface area contributed by atoms with Crippen LogP contribution in [0.15, 0.2) is 12.1 Å². The predicted molar refractivity (Wildman–Crippen MR) is 49.7 cm³/mol. The number of Topliss-reactive ketones (excluding diaryl/α,β-unsaturated/α-hetero) is 1. The molecular formula is C10H9FO4. The van der Waals surface area contributed by atoms with Crippen molar-refractivity contribution in [3.63, 3.8) is 0 Å². The maximum Gasteiger partial charge on any atom is 0.377 e. The molecule has 0 aromatic heterocycles. The number of hydrogen-bond acceptors (Lipinski definition) is 3. The number of carboxylic acid groups (broad SMARTS) is 1. The van der Waals surface area contributed by atoms with Crippen molar-refractivity contribution in [2.75, 3.05) is 7.11 Å². The van der Waals surface area contributed by atoms with Gasteiger partial charge in [-0.2, -0.15) is 0 Å². The lowest BCUT2D eigenvalue weighted by molar-refractivity contribution is -0.131. The number of carbonyl (C=O) groups is 2. The first-order valence-corrected chi connectivity index (χ1v) is 4.09. The van der Waals surface area contributed by atoms with Crippen LogP contribution in [-0.4, -0.2) is 24.0 Å². The van der Waals surface area contributed by atoms with E-state index in [1.54, 1.807) is 6.92 Å². The third-order valence-corrected chi connectivity index (χ3v) is 1.93. The molecule has 1 aromatic carbocycles. The summed E-state index contributed by atoms with van der Waals surface area (Å²) >= 11 is 0. The van der Waals surface area contributed by atoms with Gasteiger partial charge in [0.1, 0.15) is 17.1 Å². The lowest BCUT2D eigenvalue weighted by atomic mass is 10.1. The van der Waals surface area contributed by atoms with Gasteiger partial charge in [0.25, 0.3) is 5.78 Å². The van der Waals surface area contributed by atoms with Gasteiger partial charge in [-0.3, -0.25) is 4.79 Å². The molecule has 0 atom stereocenters. The monoisotopic (exact) mass is 212 g/mol. The summed E-state index contributed by atoms with van der Waals surface area (Å²) < 4.78 is 18.1. The molecule has 0 saturated heterocycles. The first kappa shape index (κ1) is 11.2. The maximum atomic E-state index is 13.3. The molecule has 0 fully saturated rings. The van der Waals surface area contributed by atoms with E-state index in [1.807, 2.05) is 0 Å². The molecule has 0 saturated carbocycles. The van der Waals surface area contributed by atoms with E-state index in [0.29, 0.717) is 5.56 Å². The minimum Gasteiger partial charge on any atom is -0.496 e. The van der Waals surface area contributed by atoms with Crippen LogP contribution in [-0.2, 0) is 4.79 Å². The highest BCUT2D eigenvalue weighted by Crippen LogP contribution is 2.26. The molecule has 0 radical (unpaired) electrons. The Balaban J connectivity index is 3.44. The Bertz CT molecular complexity index is 426. The molecule has 5 heteroatoms. The molecule has 0 aliphatic carbocycles. The van der Waals surface area contributed by atoms with Gasteiger partial charge >= 0.3 is 5.97 Å². The number of ether oxygens (including phenoxy) is 1. The summed E-state index contributed by atoms with van der Waals surface area (Å²) in [6.07, 6.45) is 0. The fourth-order valence-corrected chi connectivity index (χ4v) is 1.24. The summed E-state index contributed by atoms with van der Waals surface area (Å²) in [5, 5.41) is 8.50. The second-order valence-electron chi connectivity index (χ2n) is 2.91. The van der Waals surface area contributed by atoms with Crippen LogP contribution in [0.1, 0.15) is 15.9 Å². The standard InChI is InChI=1S/C10H9FO4/c1-5-3-4-6(11)7(9(5)15-2)8(12)10(13)14/h3-4H,1-2H3,(H,13,14). The van der Waals surface area contributed by atoms with E-state index in [9.17, 15) is 14.0 Å². The minimum atomic E-state index is -1.71. The molecule has 0 heterocycles. The highest BCUT2D eigenvalue weighted by molar-refractivity contribution is 6.40. The number of halogens is 1. The first-order valence-electron chi connectivity index (χ1n) is 4.09. The third kappa shape index (κ3) is 1.96. The van der Waals surface area contributed by atoms with Crippen molar-refractivity contribution < 1.29 is 23.8 Å². The van der Waals surface area contributed by atoms with Crippen LogP contribution in [0.3, 0.4) is 0 Å². The smallest absolute Gasteiger partial charge is 0.377 e. The summed E-state index contributed by atoms with van der Waals surface area (Å²) in [6.45, 7) is 1.59. The minimum absolute atomic E-state index is 0.0394. The quantitative estimate of drug-likeness (QED) is 0.607. The first-order chi connectivity index (χ1) is 6.99. The molecule has 1 rings (SSSR count). The second kappa shape index (κ2) is 4.08. The van der Waals surface area contributed by atoms with E-state index in [-0.39, 0.29) is 5.75 Å². The van der Waals surface area contributed by atoms with E-state index >= 15 is 0 Å². The molecule has 0 aliphatic rings. The average molecular weight is 212 g/mol. The van der Waals surface area contributed by atoms with E-state index in [1.165, 1.54) is 13.2 Å². The van der Waals surface area contributed by atoms with Crippen LogP contribution in [0.4, 0.5) is 4.39 Å². The predicted octanol–water partition coefficient (Wildman–Crippen LogP) is 1.41. The lowest BCUT2D eigenvalue weighted by Gasteiger charge is -2.09. The van der Waals surface area contributed by atoms with Crippen molar-refractivity contribution in [2.24, 2.45) is 0 Å². The number of rotatable bonds is 3. The van der Waals surface area contributed by atoms with E-state index in [2.05, 4.69) is 0 Å². The summed E-state index contributed by atoms with van der Waals surface area (Å²) in [7, 11) is 1.25. The SMILES string of the molecule is COc1c(C)ccc(F)c1C(=O)C(=O)O. The van der Waals surface area contributed by atoms with Gasteiger partial charge < -0.3 is 9.84 Å². The molecule has 0 bridgehead atoms. The molecule has 4 nitrogen and oxygen atoms in total. The Morgan fingerprint density at radius 2 is 2.00 bits per heavy atom. The number of aryl methyl sites for hydroxylation is 1. The Morgan fingerprint density at radius 1 is 1.40 bits per heavy atom. The van der Waals surface area contributed by atoms with E-state index < -0.39 is 23.1 Å². The van der Waals surface area contributed by atoms with Crippen LogP contribution >= 0.6 is 0 Å². The Kier molecular flexibility index (Phi) is 3.04.